The first kappa shape index (κ1) is 17.3. The van der Waals surface area contributed by atoms with E-state index in [1.54, 1.807) is 11.0 Å². The van der Waals surface area contributed by atoms with Gasteiger partial charge in [-0.25, -0.2) is 4.79 Å². The van der Waals surface area contributed by atoms with Crippen molar-refractivity contribution in [2.45, 2.75) is 12.8 Å². The van der Waals surface area contributed by atoms with Crippen LogP contribution in [-0.4, -0.2) is 28.6 Å². The van der Waals surface area contributed by atoms with E-state index in [0.29, 0.717) is 10.4 Å². The summed E-state index contributed by atoms with van der Waals surface area (Å²) in [4.78, 5) is 19.1. The maximum atomic E-state index is 12.3. The maximum Gasteiger partial charge on any atom is 0.346 e. The second-order valence-electron chi connectivity index (χ2n) is 6.38. The zero-order chi connectivity index (χ0) is 18.6. The van der Waals surface area contributed by atoms with Crippen molar-refractivity contribution < 1.29 is 4.79 Å². The number of hydrogen-bond donors (Lipinski definition) is 0. The van der Waals surface area contributed by atoms with Gasteiger partial charge in [-0.05, 0) is 48.2 Å². The molecule has 0 spiro atoms. The van der Waals surface area contributed by atoms with Gasteiger partial charge >= 0.3 is 6.03 Å². The van der Waals surface area contributed by atoms with Gasteiger partial charge in [0.25, 0.3) is 0 Å². The van der Waals surface area contributed by atoms with Crippen molar-refractivity contribution in [3.8, 4) is 22.9 Å². The number of amides is 2. The molecule has 0 bridgehead atoms. The molecule has 1 fully saturated rings. The minimum Gasteiger partial charge on any atom is -0.323 e. The normalized spacial score (nSPS) is 14.3. The molecule has 134 valence electrons. The number of nitrogens with zero attached hydrogens (tertiary/aromatic N) is 4. The number of carbonyl (C=O) groups excluding carboxylic acids is 1. The second kappa shape index (κ2) is 7.60. The predicted molar refractivity (Wildman–Crippen MR) is 106 cm³/mol. The summed E-state index contributed by atoms with van der Waals surface area (Å²) in [6.07, 6.45) is 4.03. The highest BCUT2D eigenvalue weighted by molar-refractivity contribution is 7.07. The van der Waals surface area contributed by atoms with Crippen LogP contribution in [-0.2, 0) is 0 Å². The van der Waals surface area contributed by atoms with E-state index in [1.807, 2.05) is 58.6 Å². The average Bonchev–Trinajstić information content (AvgIpc) is 3.40. The molecule has 1 aromatic heterocycles. The van der Waals surface area contributed by atoms with Crippen LogP contribution in [0.2, 0.25) is 0 Å². The molecule has 2 heterocycles. The Morgan fingerprint density at radius 3 is 2.59 bits per heavy atom. The van der Waals surface area contributed by atoms with Crippen LogP contribution in [0.5, 0.6) is 0 Å². The molecule has 6 heteroatoms. The molecule has 5 nitrogen and oxygen atoms in total. The first-order valence-electron chi connectivity index (χ1n) is 8.85. The molecule has 0 radical (unpaired) electrons. The van der Waals surface area contributed by atoms with Crippen LogP contribution < -0.4 is 4.80 Å². The van der Waals surface area contributed by atoms with E-state index in [1.165, 1.54) is 11.3 Å². The van der Waals surface area contributed by atoms with Gasteiger partial charge in [0.15, 0.2) is 4.80 Å². The molecular weight excluding hydrogens is 356 g/mol. The summed E-state index contributed by atoms with van der Waals surface area (Å²) in [5.41, 5.74) is 3.64. The number of urea groups is 1. The van der Waals surface area contributed by atoms with Gasteiger partial charge in [0.2, 0.25) is 0 Å². The van der Waals surface area contributed by atoms with Crippen molar-refractivity contribution in [1.82, 2.24) is 9.47 Å². The van der Waals surface area contributed by atoms with Gasteiger partial charge in [-0.1, -0.05) is 24.3 Å². The average molecular weight is 374 g/mol. The zero-order valence-corrected chi connectivity index (χ0v) is 15.5. The van der Waals surface area contributed by atoms with Gasteiger partial charge < -0.3 is 4.90 Å². The summed E-state index contributed by atoms with van der Waals surface area (Å²) < 4.78 is 1.92. The highest BCUT2D eigenvalue weighted by Gasteiger charge is 2.17. The molecule has 0 atom stereocenters. The van der Waals surface area contributed by atoms with Crippen LogP contribution >= 0.6 is 11.3 Å². The molecule has 1 aliphatic heterocycles. The fourth-order valence-electron chi connectivity index (χ4n) is 3.19. The fraction of sp³-hybridized carbons (Fsp3) is 0.190. The number of rotatable bonds is 2. The Hall–Kier alpha value is -3.17. The van der Waals surface area contributed by atoms with Gasteiger partial charge in [0.05, 0.1) is 11.6 Å². The monoisotopic (exact) mass is 374 g/mol. The van der Waals surface area contributed by atoms with E-state index in [9.17, 15) is 4.79 Å². The molecule has 4 rings (SSSR count). The third-order valence-electron chi connectivity index (χ3n) is 4.63. The highest BCUT2D eigenvalue weighted by atomic mass is 32.1. The fourth-order valence-corrected chi connectivity index (χ4v) is 3.91. The quantitative estimate of drug-likeness (QED) is 0.675. The number of thiazole rings is 1. The van der Waals surface area contributed by atoms with Crippen molar-refractivity contribution in [2.75, 3.05) is 13.1 Å². The Bertz CT molecular complexity index is 1070. The van der Waals surface area contributed by atoms with Gasteiger partial charge in [0, 0.05) is 30.4 Å². The van der Waals surface area contributed by atoms with E-state index < -0.39 is 0 Å². The highest BCUT2D eigenvalue weighted by Crippen LogP contribution is 2.22. The molecular formula is C21H18N4OS. The van der Waals surface area contributed by atoms with Crippen molar-refractivity contribution in [3.63, 3.8) is 0 Å². The maximum absolute atomic E-state index is 12.3. The van der Waals surface area contributed by atoms with E-state index in [4.69, 9.17) is 5.26 Å². The summed E-state index contributed by atoms with van der Waals surface area (Å²) >= 11 is 1.45. The molecule has 1 aliphatic rings. The molecule has 2 amide bonds. The van der Waals surface area contributed by atoms with Crippen LogP contribution in [0.1, 0.15) is 18.4 Å². The zero-order valence-electron chi connectivity index (χ0n) is 14.7. The Balaban J connectivity index is 1.63. The van der Waals surface area contributed by atoms with Crippen LogP contribution in [0.4, 0.5) is 4.79 Å². The van der Waals surface area contributed by atoms with Crippen molar-refractivity contribution in [3.05, 3.63) is 70.5 Å². The lowest BCUT2D eigenvalue weighted by molar-refractivity contribution is 0.218. The molecule has 0 saturated carbocycles. The number of likely N-dealkylation sites (tertiary alicyclic amines) is 1. The third-order valence-corrected chi connectivity index (χ3v) is 5.38. The topological polar surface area (TPSA) is 61.4 Å². The molecule has 27 heavy (non-hydrogen) atoms. The number of hydrogen-bond acceptors (Lipinski definition) is 3. The molecule has 0 unspecified atom stereocenters. The minimum atomic E-state index is -0.159. The van der Waals surface area contributed by atoms with Crippen LogP contribution in [0, 0.1) is 11.3 Å². The van der Waals surface area contributed by atoms with Crippen LogP contribution in [0.25, 0.3) is 16.8 Å². The number of nitriles is 1. The van der Waals surface area contributed by atoms with Crippen molar-refractivity contribution in [1.29, 1.82) is 5.26 Å². The van der Waals surface area contributed by atoms with Gasteiger partial charge in [-0.2, -0.15) is 10.3 Å². The Labute approximate surface area is 161 Å². The molecule has 3 aromatic rings. The molecule has 0 aliphatic carbocycles. The smallest absolute Gasteiger partial charge is 0.323 e. The predicted octanol–water partition coefficient (Wildman–Crippen LogP) is 4.19. The first-order chi connectivity index (χ1) is 13.2. The number of carbonyl (C=O) groups is 1. The van der Waals surface area contributed by atoms with Gasteiger partial charge in [-0.3, -0.25) is 4.57 Å². The standard InChI is InChI=1S/C21H18N4OS/c22-15-16-4-3-5-18(14-16)17-6-8-19(9-7-17)25-12-13-27-21(25)23-20(26)24-10-1-2-11-24/h3-9,12-14H,1-2,10-11H2/b23-21-. The second-order valence-corrected chi connectivity index (χ2v) is 7.26. The minimum absolute atomic E-state index is 0.159. The van der Waals surface area contributed by atoms with Crippen molar-refractivity contribution in [2.24, 2.45) is 4.99 Å². The number of aromatic nitrogens is 1. The Morgan fingerprint density at radius 2 is 1.85 bits per heavy atom. The van der Waals surface area contributed by atoms with E-state index in [-0.39, 0.29) is 6.03 Å². The first-order valence-corrected chi connectivity index (χ1v) is 9.73. The SMILES string of the molecule is N#Cc1cccc(-c2ccc(-n3ccs/c3=N\C(=O)N3CCCC3)cc2)c1. The van der Waals surface area contributed by atoms with E-state index >= 15 is 0 Å². The summed E-state index contributed by atoms with van der Waals surface area (Å²) in [5, 5.41) is 11.0. The molecule has 2 aromatic carbocycles. The molecule has 0 N–H and O–H groups in total. The summed E-state index contributed by atoms with van der Waals surface area (Å²) in [6, 6.07) is 17.6. The van der Waals surface area contributed by atoms with Crippen molar-refractivity contribution >= 4 is 17.4 Å². The Morgan fingerprint density at radius 1 is 1.07 bits per heavy atom. The number of benzene rings is 2. The summed E-state index contributed by atoms with van der Waals surface area (Å²) in [7, 11) is 0. The summed E-state index contributed by atoms with van der Waals surface area (Å²) in [6.45, 7) is 1.59. The lowest BCUT2D eigenvalue weighted by Crippen LogP contribution is -2.27. The third kappa shape index (κ3) is 3.69. The lowest BCUT2D eigenvalue weighted by atomic mass is 10.0. The molecule has 1 saturated heterocycles. The van der Waals surface area contributed by atoms with Gasteiger partial charge in [0.1, 0.15) is 0 Å². The van der Waals surface area contributed by atoms with Crippen LogP contribution in [0.15, 0.2) is 65.1 Å². The van der Waals surface area contributed by atoms with Gasteiger partial charge in [-0.15, -0.1) is 11.3 Å². The van der Waals surface area contributed by atoms with E-state index in [2.05, 4.69) is 11.1 Å². The Kier molecular flexibility index (Phi) is 4.86. The summed E-state index contributed by atoms with van der Waals surface area (Å²) in [5.74, 6) is 0. The largest absolute Gasteiger partial charge is 0.346 e. The van der Waals surface area contributed by atoms with E-state index in [0.717, 1.165) is 42.7 Å². The lowest BCUT2D eigenvalue weighted by Gasteiger charge is -2.11. The van der Waals surface area contributed by atoms with Crippen LogP contribution in [0.3, 0.4) is 0 Å².